The number of aliphatic hydroxyl groups is 2. The highest BCUT2D eigenvalue weighted by Crippen LogP contribution is 2.58. The number of hydrogen-bond donors (Lipinski definition) is 4. The van der Waals surface area contributed by atoms with E-state index >= 15 is 0 Å². The molecule has 0 aromatic heterocycles. The molecule has 3 fully saturated rings. The van der Waals surface area contributed by atoms with Crippen molar-refractivity contribution < 1.29 is 24.6 Å². The molecule has 7 heteroatoms. The van der Waals surface area contributed by atoms with Crippen LogP contribution in [0.25, 0.3) is 0 Å². The van der Waals surface area contributed by atoms with E-state index in [0.29, 0.717) is 55.4 Å². The van der Waals surface area contributed by atoms with E-state index in [4.69, 9.17) is 0 Å². The van der Waals surface area contributed by atoms with Gasteiger partial charge < -0.3 is 20.8 Å². The van der Waals surface area contributed by atoms with Crippen molar-refractivity contribution in [3.63, 3.8) is 0 Å². The largest absolute Gasteiger partial charge is 0.507 e. The van der Waals surface area contributed by atoms with E-state index in [9.17, 15) is 24.6 Å². The highest BCUT2D eigenvalue weighted by Gasteiger charge is 2.52. The van der Waals surface area contributed by atoms with E-state index in [1.165, 1.54) is 12.5 Å². The molecule has 7 nitrogen and oxygen atoms in total. The molecule has 0 spiro atoms. The smallest absolute Gasteiger partial charge is 0.259 e. The minimum Gasteiger partial charge on any atom is -0.507 e. The zero-order valence-corrected chi connectivity index (χ0v) is 21.4. The van der Waals surface area contributed by atoms with Crippen LogP contribution in [0.15, 0.2) is 47.8 Å². The van der Waals surface area contributed by atoms with Crippen molar-refractivity contribution in [3.8, 4) is 0 Å². The Balaban J connectivity index is 1.57. The fourth-order valence-corrected chi connectivity index (χ4v) is 7.21. The maximum atomic E-state index is 12.6. The summed E-state index contributed by atoms with van der Waals surface area (Å²) in [5.41, 5.74) is -0.238. The normalized spacial score (nSPS) is 42.7. The summed E-state index contributed by atoms with van der Waals surface area (Å²) in [7, 11) is 0. The number of allylic oxidation sites excluding steroid dienone is 4. The predicted octanol–water partition coefficient (Wildman–Crippen LogP) is 3.52. The number of nitrogens with one attached hydrogen (secondary N) is 2. The summed E-state index contributed by atoms with van der Waals surface area (Å²) < 4.78 is 0. The second kappa shape index (κ2) is 11.6. The van der Waals surface area contributed by atoms with Gasteiger partial charge in [0.05, 0.1) is 12.1 Å². The number of carbonyl (C=O) groups excluding carboxylic acids is 3. The molecular formula is C29H40N2O5. The third-order valence-corrected chi connectivity index (χ3v) is 8.94. The maximum absolute atomic E-state index is 12.6. The van der Waals surface area contributed by atoms with E-state index in [0.717, 1.165) is 19.3 Å². The van der Waals surface area contributed by atoms with Crippen LogP contribution in [0.2, 0.25) is 0 Å². The van der Waals surface area contributed by atoms with Gasteiger partial charge in [0, 0.05) is 13.0 Å². The van der Waals surface area contributed by atoms with E-state index in [2.05, 4.69) is 30.6 Å². The first-order valence-corrected chi connectivity index (χ1v) is 13.5. The van der Waals surface area contributed by atoms with Crippen LogP contribution in [0.3, 0.4) is 0 Å². The summed E-state index contributed by atoms with van der Waals surface area (Å²) >= 11 is 0. The molecular weight excluding hydrogens is 456 g/mol. The number of hydrogen-bond acceptors (Lipinski definition) is 5. The lowest BCUT2D eigenvalue weighted by molar-refractivity contribution is -0.120. The second-order valence-electron chi connectivity index (χ2n) is 11.0. The Hall–Kier alpha value is -2.67. The van der Waals surface area contributed by atoms with Crippen LogP contribution >= 0.6 is 0 Å². The van der Waals surface area contributed by atoms with Gasteiger partial charge in [0.15, 0.2) is 5.78 Å². The van der Waals surface area contributed by atoms with Crippen molar-refractivity contribution in [2.45, 2.75) is 70.9 Å². The SMILES string of the molecule is CC[C@@H]1C[C@@H]2C[C@@H]3C/C=C/CC(=O)NCCC[C@@H]4NC(=O)/C(=C(O)/C=C/C=C/[C@H](O)[C@H]3[C@@H]2[C@H]1C)C4=O. The molecule has 0 unspecified atom stereocenters. The standard InChI is InChI=1S/C29H40N2O5/c1-3-18-15-20-16-19-9-4-7-13-24(34)30-14-8-10-21-28(35)27(29(36)31-21)23(33)12-6-5-11-22(32)26(19)25(20)17(18)2/h4-7,11-12,17-22,25-26,32-33H,3,8-10,13-16H2,1-2H3,(H,30,34)(H,31,36)/b7-4+,11-5+,12-6+,27-23-/t17-,18+,19-,20+,21-,22-,25+,26-/m0/s1. The van der Waals surface area contributed by atoms with Gasteiger partial charge in [-0.2, -0.15) is 0 Å². The molecule has 2 amide bonds. The maximum Gasteiger partial charge on any atom is 0.259 e. The predicted molar refractivity (Wildman–Crippen MR) is 138 cm³/mol. The van der Waals surface area contributed by atoms with Crippen molar-refractivity contribution >= 4 is 17.6 Å². The highest BCUT2D eigenvalue weighted by molar-refractivity contribution is 6.27. The summed E-state index contributed by atoms with van der Waals surface area (Å²) in [5.74, 6) is 1.34. The molecule has 2 saturated carbocycles. The Morgan fingerprint density at radius 1 is 1.06 bits per heavy atom. The zero-order chi connectivity index (χ0) is 25.8. The van der Waals surface area contributed by atoms with Crippen LogP contribution in [0.5, 0.6) is 0 Å². The molecule has 4 N–H and O–H groups in total. The summed E-state index contributed by atoms with van der Waals surface area (Å²) in [5, 5.41) is 27.2. The molecule has 0 aromatic carbocycles. The molecule has 8 atom stereocenters. The van der Waals surface area contributed by atoms with Crippen LogP contribution < -0.4 is 10.6 Å². The van der Waals surface area contributed by atoms with Crippen molar-refractivity contribution in [1.82, 2.24) is 10.6 Å². The van der Waals surface area contributed by atoms with Crippen molar-refractivity contribution in [2.24, 2.45) is 35.5 Å². The Morgan fingerprint density at radius 2 is 1.86 bits per heavy atom. The zero-order valence-electron chi connectivity index (χ0n) is 21.4. The lowest BCUT2D eigenvalue weighted by atomic mass is 9.76. The van der Waals surface area contributed by atoms with Gasteiger partial charge in [-0.25, -0.2) is 0 Å². The molecule has 2 aliphatic heterocycles. The molecule has 4 rings (SSSR count). The number of aliphatic hydroxyl groups excluding tert-OH is 2. The molecule has 2 heterocycles. The third kappa shape index (κ3) is 5.51. The lowest BCUT2D eigenvalue weighted by Gasteiger charge is -2.31. The van der Waals surface area contributed by atoms with Gasteiger partial charge >= 0.3 is 0 Å². The van der Waals surface area contributed by atoms with Crippen molar-refractivity contribution in [3.05, 3.63) is 47.8 Å². The summed E-state index contributed by atoms with van der Waals surface area (Å²) in [6.07, 6.45) is 15.3. The molecule has 2 bridgehead atoms. The lowest BCUT2D eigenvalue weighted by Crippen LogP contribution is -2.31. The number of carbonyl (C=O) groups is 3. The minimum atomic E-state index is -0.699. The van der Waals surface area contributed by atoms with E-state index in [-0.39, 0.29) is 23.2 Å². The fraction of sp³-hybridized carbons (Fsp3) is 0.621. The first-order valence-electron chi connectivity index (χ1n) is 13.5. The number of fused-ring (bicyclic) bond motifs is 5. The molecule has 1 saturated heterocycles. The van der Waals surface area contributed by atoms with Gasteiger partial charge in [0.2, 0.25) is 5.91 Å². The van der Waals surface area contributed by atoms with Crippen molar-refractivity contribution in [2.75, 3.05) is 6.54 Å². The van der Waals surface area contributed by atoms with Gasteiger partial charge in [-0.1, -0.05) is 50.6 Å². The fourth-order valence-electron chi connectivity index (χ4n) is 7.21. The Morgan fingerprint density at radius 3 is 2.64 bits per heavy atom. The molecule has 36 heavy (non-hydrogen) atoms. The van der Waals surface area contributed by atoms with Crippen LogP contribution in [0, 0.1) is 35.5 Å². The van der Waals surface area contributed by atoms with Gasteiger partial charge in [-0.3, -0.25) is 14.4 Å². The van der Waals surface area contributed by atoms with Gasteiger partial charge in [0.25, 0.3) is 5.91 Å². The van der Waals surface area contributed by atoms with Crippen molar-refractivity contribution in [1.29, 1.82) is 0 Å². The monoisotopic (exact) mass is 496 g/mol. The number of Topliss-reactive ketones (excluding diaryl/α,β-unsaturated/α-hetero) is 1. The highest BCUT2D eigenvalue weighted by atomic mass is 16.3. The van der Waals surface area contributed by atoms with Crippen LogP contribution in [0.1, 0.15) is 58.8 Å². The quantitative estimate of drug-likeness (QED) is 0.327. The number of rotatable bonds is 1. The molecule has 196 valence electrons. The minimum absolute atomic E-state index is 0.0759. The van der Waals surface area contributed by atoms with E-state index in [1.807, 2.05) is 6.08 Å². The Labute approximate surface area is 213 Å². The van der Waals surface area contributed by atoms with Gasteiger partial charge in [-0.15, -0.1) is 0 Å². The Kier molecular flexibility index (Phi) is 8.50. The first-order chi connectivity index (χ1) is 17.3. The third-order valence-electron chi connectivity index (χ3n) is 8.94. The van der Waals surface area contributed by atoms with Crippen LogP contribution in [-0.2, 0) is 14.4 Å². The second-order valence-corrected chi connectivity index (χ2v) is 11.0. The van der Waals surface area contributed by atoms with E-state index < -0.39 is 23.8 Å². The molecule has 4 aliphatic rings. The molecule has 0 aromatic rings. The van der Waals surface area contributed by atoms with E-state index in [1.54, 1.807) is 18.2 Å². The van der Waals surface area contributed by atoms with Gasteiger partial charge in [-0.05, 0) is 73.7 Å². The number of amides is 2. The summed E-state index contributed by atoms with van der Waals surface area (Å²) in [6, 6.07) is -0.699. The summed E-state index contributed by atoms with van der Waals surface area (Å²) in [6.45, 7) is 5.00. The average molecular weight is 497 g/mol. The first kappa shape index (κ1) is 26.4. The molecule has 2 aliphatic carbocycles. The van der Waals surface area contributed by atoms with Crippen LogP contribution in [0.4, 0.5) is 0 Å². The Bertz CT molecular complexity index is 980. The average Bonchev–Trinajstić information content (AvgIpc) is 3.45. The molecule has 0 radical (unpaired) electrons. The number of ketones is 1. The topological polar surface area (TPSA) is 116 Å². The summed E-state index contributed by atoms with van der Waals surface area (Å²) in [4.78, 5) is 37.2. The van der Waals surface area contributed by atoms with Gasteiger partial charge in [0.1, 0.15) is 11.3 Å². The van der Waals surface area contributed by atoms with Crippen LogP contribution in [-0.4, -0.2) is 46.5 Å².